The number of piperidine rings is 1. The zero-order chi connectivity index (χ0) is 22.3. The van der Waals surface area contributed by atoms with E-state index in [1.807, 2.05) is 11.8 Å². The van der Waals surface area contributed by atoms with E-state index in [0.29, 0.717) is 31.1 Å². The number of hydrogen-bond acceptors (Lipinski definition) is 7. The number of nitro benzene ring substituents is 1. The van der Waals surface area contributed by atoms with Gasteiger partial charge in [0.25, 0.3) is 11.6 Å². The van der Waals surface area contributed by atoms with Gasteiger partial charge in [0.15, 0.2) is 6.61 Å². The molecule has 1 aromatic carbocycles. The summed E-state index contributed by atoms with van der Waals surface area (Å²) in [6.45, 7) is 6.51. The van der Waals surface area contributed by atoms with E-state index >= 15 is 0 Å². The average molecular weight is 420 g/mol. The molecule has 1 aliphatic rings. The lowest BCUT2D eigenvalue weighted by Gasteiger charge is -2.32. The predicted octanol–water partition coefficient (Wildman–Crippen LogP) is 2.61. The highest BCUT2D eigenvalue weighted by molar-refractivity contribution is 5.97. The van der Waals surface area contributed by atoms with Gasteiger partial charge in [0.2, 0.25) is 0 Å². The van der Waals surface area contributed by atoms with Gasteiger partial charge in [0.1, 0.15) is 5.69 Å². The van der Waals surface area contributed by atoms with Gasteiger partial charge in [-0.2, -0.15) is 0 Å². The number of carbonyl (C=O) groups excluding carboxylic acids is 3. The molecule has 164 valence electrons. The molecule has 0 unspecified atom stereocenters. The molecule has 1 aromatic rings. The summed E-state index contributed by atoms with van der Waals surface area (Å²) in [5, 5.41) is 16.1. The number of esters is 1. The van der Waals surface area contributed by atoms with Crippen LogP contribution in [0.1, 0.15) is 50.4 Å². The van der Waals surface area contributed by atoms with Crippen molar-refractivity contribution in [2.24, 2.45) is 5.92 Å². The van der Waals surface area contributed by atoms with Crippen molar-refractivity contribution >= 4 is 29.3 Å². The Bertz CT molecular complexity index is 812. The number of anilines is 1. The first-order valence-corrected chi connectivity index (χ1v) is 10.0. The third kappa shape index (κ3) is 6.43. The average Bonchev–Trinajstić information content (AvgIpc) is 2.71. The zero-order valence-corrected chi connectivity index (χ0v) is 17.5. The van der Waals surface area contributed by atoms with Crippen molar-refractivity contribution in [1.82, 2.24) is 10.6 Å². The van der Waals surface area contributed by atoms with E-state index in [2.05, 4.69) is 17.6 Å². The highest BCUT2D eigenvalue weighted by Crippen LogP contribution is 2.32. The van der Waals surface area contributed by atoms with Gasteiger partial charge in [0.05, 0.1) is 10.5 Å². The Hall–Kier alpha value is -3.17. The van der Waals surface area contributed by atoms with Gasteiger partial charge in [-0.05, 0) is 44.2 Å². The molecule has 1 saturated heterocycles. The lowest BCUT2D eigenvalue weighted by Crippen LogP contribution is -2.44. The molecular weight excluding hydrogens is 392 g/mol. The molecule has 1 fully saturated rings. The fraction of sp³-hybridized carbons (Fsp3) is 0.550. The standard InChI is InChI=1S/C20H28N4O6/c1-4-14(3)21-20(27)22-18(25)12-30-19(26)15-7-8-16(17(10-15)24(28)29)23-9-5-6-13(2)11-23/h7-8,10,13-14H,4-6,9,11-12H2,1-3H3,(H2,21,22,25,27)/t13-,14-/m0/s1. The molecular formula is C20H28N4O6. The van der Waals surface area contributed by atoms with Crippen LogP contribution in [0.3, 0.4) is 0 Å². The quantitative estimate of drug-likeness (QED) is 0.394. The number of hydrogen-bond donors (Lipinski definition) is 2. The molecule has 10 nitrogen and oxygen atoms in total. The molecule has 0 radical (unpaired) electrons. The summed E-state index contributed by atoms with van der Waals surface area (Å²) in [4.78, 5) is 48.6. The Morgan fingerprint density at radius 1 is 1.37 bits per heavy atom. The zero-order valence-electron chi connectivity index (χ0n) is 17.5. The highest BCUT2D eigenvalue weighted by Gasteiger charge is 2.25. The molecule has 0 spiro atoms. The summed E-state index contributed by atoms with van der Waals surface area (Å²) >= 11 is 0. The van der Waals surface area contributed by atoms with Crippen molar-refractivity contribution < 1.29 is 24.0 Å². The number of carbonyl (C=O) groups is 3. The summed E-state index contributed by atoms with van der Waals surface area (Å²) in [5.74, 6) is -1.24. The molecule has 10 heteroatoms. The van der Waals surface area contributed by atoms with Crippen LogP contribution in [0.25, 0.3) is 0 Å². The number of nitrogens with one attached hydrogen (secondary N) is 2. The van der Waals surface area contributed by atoms with Crippen LogP contribution >= 0.6 is 0 Å². The Kier molecular flexibility index (Phi) is 8.14. The number of nitro groups is 1. The van der Waals surface area contributed by atoms with E-state index in [1.54, 1.807) is 6.92 Å². The maximum Gasteiger partial charge on any atom is 0.338 e. The van der Waals surface area contributed by atoms with Gasteiger partial charge in [-0.3, -0.25) is 20.2 Å². The van der Waals surface area contributed by atoms with E-state index in [4.69, 9.17) is 4.74 Å². The first-order chi connectivity index (χ1) is 14.2. The van der Waals surface area contributed by atoms with Crippen molar-refractivity contribution in [3.05, 3.63) is 33.9 Å². The van der Waals surface area contributed by atoms with E-state index in [-0.39, 0.29) is 17.3 Å². The summed E-state index contributed by atoms with van der Waals surface area (Å²) in [6.07, 6.45) is 2.72. The molecule has 1 heterocycles. The van der Waals surface area contributed by atoms with Gasteiger partial charge < -0.3 is 15.0 Å². The van der Waals surface area contributed by atoms with Crippen molar-refractivity contribution in [2.75, 3.05) is 24.6 Å². The molecule has 2 N–H and O–H groups in total. The Morgan fingerprint density at radius 2 is 2.10 bits per heavy atom. The summed E-state index contributed by atoms with van der Waals surface area (Å²) in [5.41, 5.74) is 0.242. The fourth-order valence-electron chi connectivity index (χ4n) is 3.21. The van der Waals surface area contributed by atoms with E-state index in [1.165, 1.54) is 12.1 Å². The molecule has 0 saturated carbocycles. The minimum atomic E-state index is -0.880. The third-order valence-electron chi connectivity index (χ3n) is 4.98. The number of imide groups is 1. The van der Waals surface area contributed by atoms with Gasteiger partial charge >= 0.3 is 12.0 Å². The second-order valence-electron chi connectivity index (χ2n) is 7.56. The van der Waals surface area contributed by atoms with Crippen LogP contribution in [0.4, 0.5) is 16.2 Å². The monoisotopic (exact) mass is 420 g/mol. The smallest absolute Gasteiger partial charge is 0.338 e. The SMILES string of the molecule is CC[C@H](C)NC(=O)NC(=O)COC(=O)c1ccc(N2CCC[C@H](C)C2)c([N+](=O)[O-])c1. The Labute approximate surface area is 175 Å². The van der Waals surface area contributed by atoms with Gasteiger partial charge in [-0.15, -0.1) is 0 Å². The first kappa shape index (κ1) is 23.1. The van der Waals surface area contributed by atoms with Crippen LogP contribution in [0, 0.1) is 16.0 Å². The van der Waals surface area contributed by atoms with E-state index in [0.717, 1.165) is 18.9 Å². The minimum absolute atomic E-state index is 0.0348. The molecule has 2 rings (SSSR count). The minimum Gasteiger partial charge on any atom is -0.452 e. The predicted molar refractivity (Wildman–Crippen MR) is 110 cm³/mol. The van der Waals surface area contributed by atoms with Crippen molar-refractivity contribution in [2.45, 2.75) is 46.1 Å². The van der Waals surface area contributed by atoms with Crippen LogP contribution in [0.2, 0.25) is 0 Å². The largest absolute Gasteiger partial charge is 0.452 e. The van der Waals surface area contributed by atoms with Gasteiger partial charge in [0, 0.05) is 25.2 Å². The molecule has 0 aromatic heterocycles. The van der Waals surface area contributed by atoms with Crippen LogP contribution in [-0.2, 0) is 9.53 Å². The molecule has 0 aliphatic carbocycles. The Morgan fingerprint density at radius 3 is 2.73 bits per heavy atom. The van der Waals surface area contributed by atoms with Crippen molar-refractivity contribution in [3.8, 4) is 0 Å². The van der Waals surface area contributed by atoms with Gasteiger partial charge in [-0.25, -0.2) is 9.59 Å². The van der Waals surface area contributed by atoms with Crippen molar-refractivity contribution in [3.63, 3.8) is 0 Å². The first-order valence-electron chi connectivity index (χ1n) is 10.0. The Balaban J connectivity index is 2.00. The van der Waals surface area contributed by atoms with Gasteiger partial charge in [-0.1, -0.05) is 13.8 Å². The van der Waals surface area contributed by atoms with Crippen molar-refractivity contribution in [1.29, 1.82) is 0 Å². The molecule has 1 aliphatic heterocycles. The molecule has 0 bridgehead atoms. The maximum atomic E-state index is 12.2. The summed E-state index contributed by atoms with van der Waals surface area (Å²) in [7, 11) is 0. The number of benzene rings is 1. The van der Waals surface area contributed by atoms with Crippen LogP contribution in [-0.4, -0.2) is 48.6 Å². The summed E-state index contributed by atoms with van der Waals surface area (Å²) < 4.78 is 4.89. The van der Waals surface area contributed by atoms with Crippen LogP contribution < -0.4 is 15.5 Å². The third-order valence-corrected chi connectivity index (χ3v) is 4.98. The summed E-state index contributed by atoms with van der Waals surface area (Å²) in [6, 6.07) is 3.34. The number of rotatable bonds is 7. The number of nitrogens with zero attached hydrogens (tertiary/aromatic N) is 2. The van der Waals surface area contributed by atoms with E-state index < -0.39 is 29.4 Å². The highest BCUT2D eigenvalue weighted by atomic mass is 16.6. The number of urea groups is 1. The number of ether oxygens (including phenoxy) is 1. The fourth-order valence-corrected chi connectivity index (χ4v) is 3.21. The second kappa shape index (κ2) is 10.6. The molecule has 2 atom stereocenters. The molecule has 30 heavy (non-hydrogen) atoms. The van der Waals surface area contributed by atoms with E-state index in [9.17, 15) is 24.5 Å². The maximum absolute atomic E-state index is 12.2. The lowest BCUT2D eigenvalue weighted by molar-refractivity contribution is -0.384. The van der Waals surface area contributed by atoms with Crippen LogP contribution in [0.15, 0.2) is 18.2 Å². The normalized spacial score (nSPS) is 17.0. The van der Waals surface area contributed by atoms with Crippen LogP contribution in [0.5, 0.6) is 0 Å². The molecule has 3 amide bonds. The number of amides is 3. The second-order valence-corrected chi connectivity index (χ2v) is 7.56. The topological polar surface area (TPSA) is 131 Å². The lowest BCUT2D eigenvalue weighted by atomic mass is 9.99.